The van der Waals surface area contributed by atoms with Gasteiger partial charge in [-0.2, -0.15) is 0 Å². The Bertz CT molecular complexity index is 757. The highest BCUT2D eigenvalue weighted by Gasteiger charge is 2.44. The molecular weight excluding hydrogens is 366 g/mol. The first kappa shape index (κ1) is 20.4. The van der Waals surface area contributed by atoms with E-state index in [1.807, 2.05) is 23.1 Å². The molecule has 2 fully saturated rings. The molecule has 1 unspecified atom stereocenters. The van der Waals surface area contributed by atoms with Crippen LogP contribution in [0.3, 0.4) is 0 Å². The summed E-state index contributed by atoms with van der Waals surface area (Å²) in [5.41, 5.74) is 2.02. The van der Waals surface area contributed by atoms with Crippen LogP contribution in [0.4, 0.5) is 5.69 Å². The number of para-hydroxylation sites is 1. The fourth-order valence-electron chi connectivity index (χ4n) is 4.97. The number of carbonyl (C=O) groups excluding carboxylic acids is 2. The molecule has 0 bridgehead atoms. The van der Waals surface area contributed by atoms with Crippen molar-refractivity contribution in [3.63, 3.8) is 0 Å². The Hall–Kier alpha value is -1.92. The number of aryl methyl sites for hydroxylation is 1. The highest BCUT2D eigenvalue weighted by Crippen LogP contribution is 2.36. The summed E-state index contributed by atoms with van der Waals surface area (Å²) in [5, 5.41) is 0. The zero-order valence-electron chi connectivity index (χ0n) is 17.8. The number of nitrogens with zero attached hydrogens (tertiary/aromatic N) is 3. The van der Waals surface area contributed by atoms with Crippen LogP contribution < -0.4 is 4.90 Å². The number of benzene rings is 1. The van der Waals surface area contributed by atoms with Gasteiger partial charge in [0.25, 0.3) is 5.91 Å². The van der Waals surface area contributed by atoms with Crippen molar-refractivity contribution < 1.29 is 14.3 Å². The summed E-state index contributed by atoms with van der Waals surface area (Å²) in [6, 6.07) is 7.58. The molecule has 2 amide bonds. The van der Waals surface area contributed by atoms with Crippen molar-refractivity contribution in [1.82, 2.24) is 9.80 Å². The van der Waals surface area contributed by atoms with E-state index in [2.05, 4.69) is 31.9 Å². The van der Waals surface area contributed by atoms with Crippen LogP contribution in [-0.4, -0.2) is 73.6 Å². The van der Waals surface area contributed by atoms with Crippen molar-refractivity contribution in [3.05, 3.63) is 29.8 Å². The number of ether oxygens (including phenoxy) is 1. The van der Waals surface area contributed by atoms with Crippen molar-refractivity contribution in [2.45, 2.75) is 45.3 Å². The first-order valence-corrected chi connectivity index (χ1v) is 11.0. The van der Waals surface area contributed by atoms with E-state index in [0.717, 1.165) is 50.3 Å². The molecule has 4 rings (SSSR count). The summed E-state index contributed by atoms with van der Waals surface area (Å²) >= 11 is 0. The molecule has 1 aromatic rings. The summed E-state index contributed by atoms with van der Waals surface area (Å²) in [5.74, 6) is 0.620. The lowest BCUT2D eigenvalue weighted by Crippen LogP contribution is -2.59. The highest BCUT2D eigenvalue weighted by atomic mass is 16.5. The van der Waals surface area contributed by atoms with E-state index in [1.165, 1.54) is 0 Å². The van der Waals surface area contributed by atoms with Gasteiger partial charge in [-0.15, -0.1) is 0 Å². The van der Waals surface area contributed by atoms with Gasteiger partial charge in [-0.05, 0) is 49.8 Å². The maximum absolute atomic E-state index is 13.7. The average molecular weight is 400 g/mol. The number of amides is 2. The second-order valence-corrected chi connectivity index (χ2v) is 9.01. The molecular formula is C23H33N3O3. The van der Waals surface area contributed by atoms with E-state index in [0.29, 0.717) is 18.9 Å². The van der Waals surface area contributed by atoms with Crippen LogP contribution in [0.2, 0.25) is 0 Å². The maximum atomic E-state index is 13.7. The molecule has 3 aliphatic heterocycles. The second kappa shape index (κ2) is 8.44. The Morgan fingerprint density at radius 3 is 2.48 bits per heavy atom. The van der Waals surface area contributed by atoms with Crippen LogP contribution in [-0.2, 0) is 20.7 Å². The van der Waals surface area contributed by atoms with Crippen LogP contribution in [0, 0.1) is 11.8 Å². The third-order valence-electron chi connectivity index (χ3n) is 6.82. The number of anilines is 1. The molecule has 6 nitrogen and oxygen atoms in total. The minimum absolute atomic E-state index is 0.0409. The second-order valence-electron chi connectivity index (χ2n) is 9.01. The standard InChI is InChI=1S/C23H33N3O3/c1-16(2)18-10-15-29-21(18)23(28)26-19-7-5-4-6-17(19)8-9-20(26)22(27)25-13-11-24(3)12-14-25/h4-7,16,18,20-21H,8-15H2,1-3H3/t18-,20?,21-/m1/s1. The molecule has 0 N–H and O–H groups in total. The van der Waals surface area contributed by atoms with Gasteiger partial charge in [0.05, 0.1) is 0 Å². The fraction of sp³-hybridized carbons (Fsp3) is 0.652. The van der Waals surface area contributed by atoms with Crippen LogP contribution in [0.15, 0.2) is 24.3 Å². The number of hydrogen-bond donors (Lipinski definition) is 0. The maximum Gasteiger partial charge on any atom is 0.257 e. The molecule has 3 heterocycles. The third-order valence-corrected chi connectivity index (χ3v) is 6.82. The molecule has 0 spiro atoms. The predicted molar refractivity (Wildman–Crippen MR) is 113 cm³/mol. The molecule has 1 aromatic carbocycles. The zero-order valence-corrected chi connectivity index (χ0v) is 17.8. The van der Waals surface area contributed by atoms with Gasteiger partial charge >= 0.3 is 0 Å². The van der Waals surface area contributed by atoms with E-state index < -0.39 is 12.1 Å². The van der Waals surface area contributed by atoms with Gasteiger partial charge in [-0.25, -0.2) is 0 Å². The van der Waals surface area contributed by atoms with Gasteiger partial charge in [0, 0.05) is 38.5 Å². The van der Waals surface area contributed by atoms with Crippen molar-refractivity contribution in [1.29, 1.82) is 0 Å². The Kier molecular flexibility index (Phi) is 5.93. The van der Waals surface area contributed by atoms with E-state index in [1.54, 1.807) is 4.90 Å². The van der Waals surface area contributed by atoms with Crippen molar-refractivity contribution in [3.8, 4) is 0 Å². The Morgan fingerprint density at radius 1 is 1.03 bits per heavy atom. The predicted octanol–water partition coefficient (Wildman–Crippen LogP) is 2.17. The summed E-state index contributed by atoms with van der Waals surface area (Å²) in [6.07, 6.45) is 1.94. The molecule has 0 saturated carbocycles. The summed E-state index contributed by atoms with van der Waals surface area (Å²) in [7, 11) is 2.08. The highest BCUT2D eigenvalue weighted by molar-refractivity contribution is 6.04. The van der Waals surface area contributed by atoms with Crippen molar-refractivity contribution >= 4 is 17.5 Å². The van der Waals surface area contributed by atoms with Crippen LogP contribution >= 0.6 is 0 Å². The monoisotopic (exact) mass is 399 g/mol. The minimum Gasteiger partial charge on any atom is -0.368 e. The number of hydrogen-bond acceptors (Lipinski definition) is 4. The van der Waals surface area contributed by atoms with E-state index >= 15 is 0 Å². The average Bonchev–Trinajstić information content (AvgIpc) is 3.23. The number of likely N-dealkylation sites (N-methyl/N-ethyl adjacent to an activating group) is 1. The molecule has 0 aromatic heterocycles. The molecule has 6 heteroatoms. The minimum atomic E-state index is -0.455. The van der Waals surface area contributed by atoms with Gasteiger partial charge in [-0.1, -0.05) is 32.0 Å². The molecule has 3 aliphatic rings. The lowest BCUT2D eigenvalue weighted by Gasteiger charge is -2.42. The van der Waals surface area contributed by atoms with Crippen molar-refractivity contribution in [2.24, 2.45) is 11.8 Å². The van der Waals surface area contributed by atoms with Gasteiger partial charge in [0.2, 0.25) is 5.91 Å². The smallest absolute Gasteiger partial charge is 0.257 e. The summed E-state index contributed by atoms with van der Waals surface area (Å²) < 4.78 is 5.92. The van der Waals surface area contributed by atoms with E-state index in [4.69, 9.17) is 4.74 Å². The number of carbonyl (C=O) groups is 2. The normalized spacial score (nSPS) is 27.9. The van der Waals surface area contributed by atoms with Gasteiger partial charge < -0.3 is 14.5 Å². The SMILES string of the molecule is CC(C)[C@H]1CCO[C@H]1C(=O)N1c2ccccc2CCC1C(=O)N1CCN(C)CC1. The third kappa shape index (κ3) is 3.92. The summed E-state index contributed by atoms with van der Waals surface area (Å²) in [4.78, 5) is 33.2. The quantitative estimate of drug-likeness (QED) is 0.782. The molecule has 29 heavy (non-hydrogen) atoms. The lowest BCUT2D eigenvalue weighted by atomic mass is 9.87. The van der Waals surface area contributed by atoms with Crippen molar-refractivity contribution in [2.75, 3.05) is 44.7 Å². The Labute approximate surface area is 173 Å². The van der Waals surface area contributed by atoms with Crippen LogP contribution in [0.25, 0.3) is 0 Å². The number of rotatable bonds is 3. The van der Waals surface area contributed by atoms with Crippen LogP contribution in [0.5, 0.6) is 0 Å². The van der Waals surface area contributed by atoms with Gasteiger partial charge in [0.15, 0.2) is 0 Å². The molecule has 2 saturated heterocycles. The number of fused-ring (bicyclic) bond motifs is 1. The number of piperazine rings is 1. The Balaban J connectivity index is 1.64. The molecule has 3 atom stereocenters. The molecule has 0 radical (unpaired) electrons. The van der Waals surface area contributed by atoms with E-state index in [9.17, 15) is 9.59 Å². The Morgan fingerprint density at radius 2 is 1.76 bits per heavy atom. The first-order valence-electron chi connectivity index (χ1n) is 11.0. The first-order chi connectivity index (χ1) is 14.0. The van der Waals surface area contributed by atoms with Gasteiger partial charge in [-0.3, -0.25) is 14.5 Å². The molecule has 0 aliphatic carbocycles. The lowest BCUT2D eigenvalue weighted by molar-refractivity contribution is -0.138. The topological polar surface area (TPSA) is 53.1 Å². The molecule has 158 valence electrons. The zero-order chi connectivity index (χ0) is 20.5. The van der Waals surface area contributed by atoms with E-state index in [-0.39, 0.29) is 17.7 Å². The fourth-order valence-corrected chi connectivity index (χ4v) is 4.97. The summed E-state index contributed by atoms with van der Waals surface area (Å²) in [6.45, 7) is 8.13. The van der Waals surface area contributed by atoms with Crippen LogP contribution in [0.1, 0.15) is 32.3 Å². The largest absolute Gasteiger partial charge is 0.368 e. The van der Waals surface area contributed by atoms with Gasteiger partial charge in [0.1, 0.15) is 12.1 Å².